The molecule has 19 heavy (non-hydrogen) atoms. The van der Waals surface area contributed by atoms with Crippen molar-refractivity contribution in [2.24, 2.45) is 0 Å². The number of carbonyl (C=O) groups excluding carboxylic acids is 2. The molecule has 0 fully saturated rings. The molecule has 0 aliphatic heterocycles. The predicted molar refractivity (Wildman–Crippen MR) is 76.7 cm³/mol. The third-order valence-electron chi connectivity index (χ3n) is 2.89. The molecule has 0 bridgehead atoms. The molecule has 0 radical (unpaired) electrons. The molecule has 0 spiro atoms. The van der Waals surface area contributed by atoms with Crippen molar-refractivity contribution >= 4 is 11.9 Å². The highest BCUT2D eigenvalue weighted by atomic mass is 16.6. The summed E-state index contributed by atoms with van der Waals surface area (Å²) in [7, 11) is 0. The van der Waals surface area contributed by atoms with E-state index in [9.17, 15) is 9.59 Å². The van der Waals surface area contributed by atoms with Gasteiger partial charge in [-0.2, -0.15) is 0 Å². The van der Waals surface area contributed by atoms with Gasteiger partial charge in [0.25, 0.3) is 0 Å². The Morgan fingerprint density at radius 2 is 1.74 bits per heavy atom. The molecular formula is C15H27NO3. The molecule has 0 aromatic heterocycles. The van der Waals surface area contributed by atoms with Gasteiger partial charge in [-0.05, 0) is 34.6 Å². The number of carbonyl (C=O) groups is 2. The molecule has 0 unspecified atom stereocenters. The van der Waals surface area contributed by atoms with E-state index in [1.807, 2.05) is 46.4 Å². The summed E-state index contributed by atoms with van der Waals surface area (Å²) < 4.78 is 5.27. The predicted octanol–water partition coefficient (Wildman–Crippen LogP) is 2.92. The van der Waals surface area contributed by atoms with Gasteiger partial charge >= 0.3 is 5.97 Å². The third-order valence-corrected chi connectivity index (χ3v) is 2.89. The second kappa shape index (κ2) is 6.73. The fourth-order valence-electron chi connectivity index (χ4n) is 1.77. The third kappa shape index (κ3) is 6.41. The monoisotopic (exact) mass is 269 g/mol. The van der Waals surface area contributed by atoms with Crippen molar-refractivity contribution in [1.29, 1.82) is 0 Å². The molecule has 0 aromatic rings. The van der Waals surface area contributed by atoms with Crippen LogP contribution in [-0.4, -0.2) is 34.5 Å². The molecule has 1 amide bonds. The Hall–Kier alpha value is -1.32. The number of rotatable bonds is 6. The molecule has 110 valence electrons. The molecule has 0 heterocycles. The van der Waals surface area contributed by atoms with Crippen LogP contribution in [0.5, 0.6) is 0 Å². The molecule has 0 N–H and O–H groups in total. The lowest BCUT2D eigenvalue weighted by Gasteiger charge is -2.37. The molecule has 0 aliphatic rings. The summed E-state index contributed by atoms with van der Waals surface area (Å²) in [5.41, 5.74) is -0.839. The van der Waals surface area contributed by atoms with Gasteiger partial charge in [0.15, 0.2) is 0 Å². The summed E-state index contributed by atoms with van der Waals surface area (Å²) in [6.45, 7) is 15.5. The van der Waals surface area contributed by atoms with Crippen molar-refractivity contribution in [2.45, 2.75) is 65.5 Å². The maximum atomic E-state index is 12.0. The summed E-state index contributed by atoms with van der Waals surface area (Å²) in [5.74, 6) is -0.326. The van der Waals surface area contributed by atoms with Crippen LogP contribution >= 0.6 is 0 Å². The largest absolute Gasteiger partial charge is 0.456 e. The van der Waals surface area contributed by atoms with Gasteiger partial charge in [0, 0.05) is 31.0 Å². The summed E-state index contributed by atoms with van der Waals surface area (Å²) in [5, 5.41) is 0. The first-order valence-corrected chi connectivity index (χ1v) is 6.69. The second-order valence-corrected chi connectivity index (χ2v) is 6.20. The Morgan fingerprint density at radius 3 is 2.11 bits per heavy atom. The van der Waals surface area contributed by atoms with Gasteiger partial charge in [-0.1, -0.05) is 13.5 Å². The molecule has 0 aliphatic carbocycles. The molecule has 0 saturated heterocycles. The Labute approximate surface area is 116 Å². The van der Waals surface area contributed by atoms with Gasteiger partial charge in [-0.3, -0.25) is 4.79 Å². The summed E-state index contributed by atoms with van der Waals surface area (Å²) in [6, 6.07) is 0. The number of hydrogen-bond acceptors (Lipinski definition) is 3. The number of esters is 1. The molecule has 4 nitrogen and oxygen atoms in total. The Morgan fingerprint density at radius 1 is 1.21 bits per heavy atom. The second-order valence-electron chi connectivity index (χ2n) is 6.20. The highest BCUT2D eigenvalue weighted by Gasteiger charge is 2.29. The topological polar surface area (TPSA) is 46.6 Å². The van der Waals surface area contributed by atoms with Crippen LogP contribution in [0, 0.1) is 0 Å². The summed E-state index contributed by atoms with van der Waals surface area (Å²) in [4.78, 5) is 25.0. The van der Waals surface area contributed by atoms with Gasteiger partial charge in [-0.15, -0.1) is 0 Å². The molecular weight excluding hydrogens is 242 g/mol. The van der Waals surface area contributed by atoms with Crippen molar-refractivity contribution < 1.29 is 14.3 Å². The van der Waals surface area contributed by atoms with Crippen molar-refractivity contribution in [2.75, 3.05) is 6.54 Å². The van der Waals surface area contributed by atoms with E-state index < -0.39 is 11.6 Å². The normalized spacial score (nSPS) is 11.9. The fourth-order valence-corrected chi connectivity index (χ4v) is 1.77. The average molecular weight is 269 g/mol. The van der Waals surface area contributed by atoms with E-state index >= 15 is 0 Å². The lowest BCUT2D eigenvalue weighted by atomic mass is 10.0. The zero-order valence-electron chi connectivity index (χ0n) is 13.1. The van der Waals surface area contributed by atoms with Crippen molar-refractivity contribution in [3.63, 3.8) is 0 Å². The lowest BCUT2D eigenvalue weighted by molar-refractivity contribution is -0.151. The first-order chi connectivity index (χ1) is 8.53. The van der Waals surface area contributed by atoms with E-state index in [0.717, 1.165) is 6.08 Å². The van der Waals surface area contributed by atoms with E-state index in [1.165, 1.54) is 0 Å². The highest BCUT2D eigenvalue weighted by molar-refractivity contribution is 5.81. The number of hydrogen-bond donors (Lipinski definition) is 0. The van der Waals surface area contributed by atoms with Crippen LogP contribution in [-0.2, 0) is 14.3 Å². The zero-order chi connectivity index (χ0) is 15.3. The minimum absolute atomic E-state index is 0.110. The minimum atomic E-state index is -0.608. The van der Waals surface area contributed by atoms with Crippen LogP contribution in [0.2, 0.25) is 0 Å². The molecule has 0 atom stereocenters. The first-order valence-electron chi connectivity index (χ1n) is 6.69. The minimum Gasteiger partial charge on any atom is -0.456 e. The quantitative estimate of drug-likeness (QED) is 0.550. The number of amides is 1. The Kier molecular flexibility index (Phi) is 6.27. The highest BCUT2D eigenvalue weighted by Crippen LogP contribution is 2.21. The van der Waals surface area contributed by atoms with E-state index in [0.29, 0.717) is 19.4 Å². The van der Waals surface area contributed by atoms with Gasteiger partial charge < -0.3 is 9.64 Å². The van der Waals surface area contributed by atoms with E-state index in [4.69, 9.17) is 4.74 Å². The van der Waals surface area contributed by atoms with Gasteiger partial charge in [0.05, 0.1) is 0 Å². The van der Waals surface area contributed by atoms with Crippen LogP contribution in [0.4, 0.5) is 0 Å². The lowest BCUT2D eigenvalue weighted by Crippen LogP contribution is -2.47. The standard InChI is InChI=1S/C15H27NO3/c1-8-12(17)16(14(3,4)5)11-10-15(6,7)19-13(18)9-2/h9H,2,8,10-11H2,1,3-7H3. The molecule has 0 rings (SSSR count). The number of nitrogens with zero attached hydrogens (tertiary/aromatic N) is 1. The van der Waals surface area contributed by atoms with Crippen LogP contribution in [0.25, 0.3) is 0 Å². The van der Waals surface area contributed by atoms with Crippen LogP contribution in [0.1, 0.15) is 54.4 Å². The maximum Gasteiger partial charge on any atom is 0.330 e. The first kappa shape index (κ1) is 17.7. The van der Waals surface area contributed by atoms with Gasteiger partial charge in [0.1, 0.15) is 5.60 Å². The summed E-state index contributed by atoms with van der Waals surface area (Å²) in [6.07, 6.45) is 2.22. The molecule has 4 heteroatoms. The van der Waals surface area contributed by atoms with Crippen molar-refractivity contribution in [1.82, 2.24) is 4.90 Å². The smallest absolute Gasteiger partial charge is 0.330 e. The zero-order valence-corrected chi connectivity index (χ0v) is 13.1. The number of ether oxygens (including phenoxy) is 1. The van der Waals surface area contributed by atoms with Gasteiger partial charge in [-0.25, -0.2) is 4.79 Å². The van der Waals surface area contributed by atoms with Crippen LogP contribution in [0.3, 0.4) is 0 Å². The maximum absolute atomic E-state index is 12.0. The van der Waals surface area contributed by atoms with E-state index in [1.54, 1.807) is 0 Å². The van der Waals surface area contributed by atoms with E-state index in [-0.39, 0.29) is 11.4 Å². The van der Waals surface area contributed by atoms with Crippen molar-refractivity contribution in [3.8, 4) is 0 Å². The van der Waals surface area contributed by atoms with Crippen LogP contribution in [0.15, 0.2) is 12.7 Å². The SMILES string of the molecule is C=CC(=O)OC(C)(C)CCN(C(=O)CC)C(C)(C)C. The molecule has 0 saturated carbocycles. The van der Waals surface area contributed by atoms with Crippen LogP contribution < -0.4 is 0 Å². The average Bonchev–Trinajstić information content (AvgIpc) is 2.26. The van der Waals surface area contributed by atoms with Gasteiger partial charge in [0.2, 0.25) is 5.91 Å². The summed E-state index contributed by atoms with van der Waals surface area (Å²) >= 11 is 0. The Balaban J connectivity index is 4.68. The molecule has 0 aromatic carbocycles. The van der Waals surface area contributed by atoms with Crippen molar-refractivity contribution in [3.05, 3.63) is 12.7 Å². The fraction of sp³-hybridized carbons (Fsp3) is 0.733. The Bertz CT molecular complexity index is 340. The van der Waals surface area contributed by atoms with E-state index in [2.05, 4.69) is 6.58 Å².